The minimum Gasteiger partial charge on any atom is -0.507 e. The number of phenols is 2. The monoisotopic (exact) mass is 580 g/mol. The van der Waals surface area contributed by atoms with E-state index in [1.165, 1.54) is 0 Å². The number of rotatable bonds is 8. The molecule has 0 aliphatic heterocycles. The van der Waals surface area contributed by atoms with Crippen LogP contribution in [-0.4, -0.2) is 21.6 Å². The predicted octanol–water partition coefficient (Wildman–Crippen LogP) is 9.92. The quantitative estimate of drug-likeness (QED) is 0.179. The number of hydrogen-bond donors (Lipinski definition) is 2. The fourth-order valence-corrected chi connectivity index (χ4v) is 5.65. The van der Waals surface area contributed by atoms with Crippen LogP contribution in [0.3, 0.4) is 0 Å². The second-order valence-electron chi connectivity index (χ2n) is 12.3. The summed E-state index contributed by atoms with van der Waals surface area (Å²) in [5, 5.41) is 21.4. The molecule has 4 nitrogen and oxygen atoms in total. The SMILES string of the molecule is CC(=NC(C)(C)c1ccc(C(C)(C)N=C(C)c2cc(-c3ccccc3)ccc2O)cc1)c1cc(-c2ccccc2)ccc1O. The van der Waals surface area contributed by atoms with Crippen LogP contribution in [0, 0.1) is 0 Å². The Labute approximate surface area is 261 Å². The van der Waals surface area contributed by atoms with Crippen molar-refractivity contribution in [3.8, 4) is 33.8 Å². The Morgan fingerprint density at radius 2 is 0.795 bits per heavy atom. The zero-order valence-electron chi connectivity index (χ0n) is 26.3. The Kier molecular flexibility index (Phi) is 8.55. The second kappa shape index (κ2) is 12.3. The van der Waals surface area contributed by atoms with Gasteiger partial charge in [0, 0.05) is 22.6 Å². The molecule has 0 fully saturated rings. The molecular weight excluding hydrogens is 540 g/mol. The minimum absolute atomic E-state index is 0.215. The molecule has 0 saturated carbocycles. The molecule has 44 heavy (non-hydrogen) atoms. The molecule has 0 aliphatic rings. The summed E-state index contributed by atoms with van der Waals surface area (Å²) in [5.41, 5.74) is 8.32. The van der Waals surface area contributed by atoms with Crippen molar-refractivity contribution in [2.24, 2.45) is 9.98 Å². The molecule has 0 unspecified atom stereocenters. The van der Waals surface area contributed by atoms with Crippen LogP contribution < -0.4 is 0 Å². The van der Waals surface area contributed by atoms with Gasteiger partial charge in [0.2, 0.25) is 0 Å². The van der Waals surface area contributed by atoms with Crippen LogP contribution in [0.5, 0.6) is 11.5 Å². The minimum atomic E-state index is -0.523. The van der Waals surface area contributed by atoms with E-state index in [2.05, 4.69) is 76.2 Å². The lowest BCUT2D eigenvalue weighted by atomic mass is 9.89. The van der Waals surface area contributed by atoms with Crippen LogP contribution in [0.2, 0.25) is 0 Å². The molecule has 5 aromatic rings. The second-order valence-corrected chi connectivity index (χ2v) is 12.3. The maximum Gasteiger partial charge on any atom is 0.124 e. The van der Waals surface area contributed by atoms with E-state index in [0.29, 0.717) is 0 Å². The lowest BCUT2D eigenvalue weighted by Gasteiger charge is -2.26. The lowest BCUT2D eigenvalue weighted by molar-refractivity contribution is 0.473. The summed E-state index contributed by atoms with van der Waals surface area (Å²) in [6.45, 7) is 12.2. The average Bonchev–Trinajstić information content (AvgIpc) is 3.02. The van der Waals surface area contributed by atoms with Gasteiger partial charge in [-0.2, -0.15) is 0 Å². The molecule has 0 atom stereocenters. The van der Waals surface area contributed by atoms with Gasteiger partial charge in [-0.05, 0) is 99.2 Å². The standard InChI is InChI=1S/C40H40N2O2/c1-27(35-25-31(17-23-37(35)43)29-13-9-7-10-14-29)41-39(3,4)33-19-21-34(22-20-33)40(5,6)42-28(2)36-26-32(18-24-38(36)44)30-15-11-8-12-16-30/h7-26,43-44H,1-6H3. The summed E-state index contributed by atoms with van der Waals surface area (Å²) < 4.78 is 0. The highest BCUT2D eigenvalue weighted by Crippen LogP contribution is 2.34. The highest BCUT2D eigenvalue weighted by atomic mass is 16.3. The summed E-state index contributed by atoms with van der Waals surface area (Å²) in [7, 11) is 0. The normalized spacial score (nSPS) is 12.8. The Morgan fingerprint density at radius 3 is 1.14 bits per heavy atom. The Hall–Kier alpha value is -4.96. The van der Waals surface area contributed by atoms with E-state index >= 15 is 0 Å². The summed E-state index contributed by atoms with van der Waals surface area (Å²) in [6, 6.07) is 40.0. The molecule has 5 aromatic carbocycles. The van der Waals surface area contributed by atoms with Crippen LogP contribution >= 0.6 is 0 Å². The fourth-order valence-electron chi connectivity index (χ4n) is 5.65. The Balaban J connectivity index is 1.39. The van der Waals surface area contributed by atoms with E-state index in [9.17, 15) is 10.2 Å². The number of aliphatic imine (C=N–C) groups is 2. The first kappa shape index (κ1) is 30.5. The highest BCUT2D eigenvalue weighted by Gasteiger charge is 2.24. The predicted molar refractivity (Wildman–Crippen MR) is 184 cm³/mol. The molecule has 4 heteroatoms. The van der Waals surface area contributed by atoms with Crippen LogP contribution in [0.25, 0.3) is 22.3 Å². The zero-order valence-corrected chi connectivity index (χ0v) is 26.3. The van der Waals surface area contributed by atoms with Crippen molar-refractivity contribution in [2.45, 2.75) is 52.6 Å². The van der Waals surface area contributed by atoms with Crippen molar-refractivity contribution in [3.05, 3.63) is 144 Å². The van der Waals surface area contributed by atoms with Crippen LogP contribution in [0.15, 0.2) is 131 Å². The largest absolute Gasteiger partial charge is 0.507 e. The van der Waals surface area contributed by atoms with E-state index in [1.807, 2.05) is 74.5 Å². The molecule has 0 spiro atoms. The van der Waals surface area contributed by atoms with Crippen LogP contribution in [0.1, 0.15) is 63.8 Å². The highest BCUT2D eigenvalue weighted by molar-refractivity contribution is 6.03. The smallest absolute Gasteiger partial charge is 0.124 e. The number of aromatic hydroxyl groups is 2. The van der Waals surface area contributed by atoms with E-state index in [0.717, 1.165) is 55.9 Å². The third-order valence-corrected chi connectivity index (χ3v) is 8.18. The maximum atomic E-state index is 10.7. The first-order valence-electron chi connectivity index (χ1n) is 15.0. The topological polar surface area (TPSA) is 65.2 Å². The van der Waals surface area contributed by atoms with Crippen LogP contribution in [0.4, 0.5) is 0 Å². The molecule has 0 heterocycles. The van der Waals surface area contributed by atoms with E-state index < -0.39 is 11.1 Å². The third-order valence-electron chi connectivity index (χ3n) is 8.18. The van der Waals surface area contributed by atoms with Gasteiger partial charge < -0.3 is 10.2 Å². The number of nitrogens with zero attached hydrogens (tertiary/aromatic N) is 2. The van der Waals surface area contributed by atoms with Crippen molar-refractivity contribution in [2.75, 3.05) is 0 Å². The van der Waals surface area contributed by atoms with Crippen molar-refractivity contribution in [3.63, 3.8) is 0 Å². The maximum absolute atomic E-state index is 10.7. The lowest BCUT2D eigenvalue weighted by Crippen LogP contribution is -2.19. The summed E-state index contributed by atoms with van der Waals surface area (Å²) in [4.78, 5) is 10.1. The van der Waals surface area contributed by atoms with Gasteiger partial charge in [-0.3, -0.25) is 9.98 Å². The van der Waals surface area contributed by atoms with Gasteiger partial charge in [0.25, 0.3) is 0 Å². The van der Waals surface area contributed by atoms with Gasteiger partial charge >= 0.3 is 0 Å². The Morgan fingerprint density at radius 1 is 0.455 bits per heavy atom. The number of phenolic OH excluding ortho intramolecular Hbond substituents is 2. The molecule has 0 amide bonds. The summed E-state index contributed by atoms with van der Waals surface area (Å²) in [5.74, 6) is 0.430. The molecule has 0 radical (unpaired) electrons. The van der Waals surface area contributed by atoms with Crippen molar-refractivity contribution in [1.82, 2.24) is 0 Å². The van der Waals surface area contributed by atoms with Gasteiger partial charge in [-0.1, -0.05) is 97.1 Å². The average molecular weight is 581 g/mol. The molecular formula is C40H40N2O2. The van der Waals surface area contributed by atoms with E-state index in [-0.39, 0.29) is 11.5 Å². The number of benzene rings is 5. The van der Waals surface area contributed by atoms with Crippen molar-refractivity contribution in [1.29, 1.82) is 0 Å². The molecule has 5 rings (SSSR count). The summed E-state index contributed by atoms with van der Waals surface area (Å²) in [6.07, 6.45) is 0. The zero-order chi connectivity index (χ0) is 31.5. The van der Waals surface area contributed by atoms with Gasteiger partial charge in [-0.15, -0.1) is 0 Å². The third kappa shape index (κ3) is 6.65. The first-order chi connectivity index (χ1) is 20.9. The molecule has 0 aliphatic carbocycles. The van der Waals surface area contributed by atoms with Crippen molar-refractivity contribution < 1.29 is 10.2 Å². The van der Waals surface area contributed by atoms with Gasteiger partial charge in [0.05, 0.1) is 11.1 Å². The van der Waals surface area contributed by atoms with E-state index in [4.69, 9.17) is 9.98 Å². The molecule has 222 valence electrons. The number of hydrogen-bond acceptors (Lipinski definition) is 4. The van der Waals surface area contributed by atoms with Gasteiger partial charge in [0.15, 0.2) is 0 Å². The van der Waals surface area contributed by atoms with Crippen molar-refractivity contribution >= 4 is 11.4 Å². The first-order valence-corrected chi connectivity index (χ1v) is 15.0. The van der Waals surface area contributed by atoms with Gasteiger partial charge in [0.1, 0.15) is 11.5 Å². The molecule has 0 bridgehead atoms. The molecule has 0 aromatic heterocycles. The van der Waals surface area contributed by atoms with Crippen LogP contribution in [-0.2, 0) is 11.1 Å². The molecule has 2 N–H and O–H groups in total. The summed E-state index contributed by atoms with van der Waals surface area (Å²) >= 11 is 0. The molecule has 0 saturated heterocycles. The van der Waals surface area contributed by atoms with Gasteiger partial charge in [-0.25, -0.2) is 0 Å². The van der Waals surface area contributed by atoms with E-state index in [1.54, 1.807) is 12.1 Å². The fraction of sp³-hybridized carbons (Fsp3) is 0.200. The Bertz CT molecular complexity index is 1680.